The van der Waals surface area contributed by atoms with Crippen LogP contribution in [0.3, 0.4) is 0 Å². The van der Waals surface area contributed by atoms with Crippen molar-refractivity contribution in [2.75, 3.05) is 13.2 Å². The molecular weight excluding hydrogens is 308 g/mol. The lowest BCUT2D eigenvalue weighted by Crippen LogP contribution is -2.30. The van der Waals surface area contributed by atoms with E-state index in [0.717, 1.165) is 38.5 Å². The summed E-state index contributed by atoms with van der Waals surface area (Å²) >= 11 is 0. The maximum absolute atomic E-state index is 10.5. The van der Waals surface area contributed by atoms with Crippen molar-refractivity contribution in [2.24, 2.45) is 11.8 Å². The molecule has 2 N–H and O–H groups in total. The molecule has 5 heteroatoms. The maximum Gasteiger partial charge on any atom is 0.303 e. The van der Waals surface area contributed by atoms with Gasteiger partial charge < -0.3 is 19.7 Å². The van der Waals surface area contributed by atoms with Gasteiger partial charge in [-0.2, -0.15) is 0 Å². The van der Waals surface area contributed by atoms with Crippen LogP contribution >= 0.6 is 0 Å². The first-order valence-corrected chi connectivity index (χ1v) is 9.43. The molecule has 0 radical (unpaired) electrons. The fraction of sp³-hybridized carbons (Fsp3) is 0.842. The van der Waals surface area contributed by atoms with Gasteiger partial charge in [-0.05, 0) is 32.1 Å². The van der Waals surface area contributed by atoms with Gasteiger partial charge in [0.15, 0.2) is 0 Å². The van der Waals surface area contributed by atoms with Gasteiger partial charge in [-0.3, -0.25) is 4.79 Å². The quantitative estimate of drug-likeness (QED) is 0.421. The summed E-state index contributed by atoms with van der Waals surface area (Å²) in [6.07, 6.45) is 11.1. The van der Waals surface area contributed by atoms with Crippen LogP contribution in [0.2, 0.25) is 0 Å². The number of carboxylic acids is 1. The summed E-state index contributed by atoms with van der Waals surface area (Å²) in [5, 5.41) is 18.6. The van der Waals surface area contributed by atoms with Crippen LogP contribution in [-0.2, 0) is 14.3 Å². The summed E-state index contributed by atoms with van der Waals surface area (Å²) in [5.74, 6) is -0.0553. The van der Waals surface area contributed by atoms with Gasteiger partial charge in [0.25, 0.3) is 0 Å². The van der Waals surface area contributed by atoms with Crippen molar-refractivity contribution >= 4 is 5.97 Å². The van der Waals surface area contributed by atoms with E-state index in [9.17, 15) is 9.90 Å². The molecule has 2 fully saturated rings. The lowest BCUT2D eigenvalue weighted by molar-refractivity contribution is -0.137. The molecule has 24 heavy (non-hydrogen) atoms. The number of ether oxygens (including phenoxy) is 2. The standard InChI is InChI=1S/C19H32O5/c1-2-3-6-14(20)8-9-15-16(18-11-10-17(15)24-18)13-23-12-5-4-7-19(21)22/h8-9,14-18,20H,2-7,10-13H2,1H3,(H,21,22)/t14?,15-,16+,17-,18+/m1/s1. The molecule has 5 atom stereocenters. The minimum absolute atomic E-state index is 0.210. The molecule has 2 rings (SSSR count). The number of aliphatic hydroxyl groups excluding tert-OH is 1. The van der Waals surface area contributed by atoms with E-state index >= 15 is 0 Å². The summed E-state index contributed by atoms with van der Waals surface area (Å²) in [5.41, 5.74) is 0. The second kappa shape index (κ2) is 10.2. The van der Waals surface area contributed by atoms with Crippen LogP contribution in [0, 0.1) is 11.8 Å². The first-order valence-electron chi connectivity index (χ1n) is 9.43. The van der Waals surface area contributed by atoms with Gasteiger partial charge in [-0.1, -0.05) is 31.9 Å². The van der Waals surface area contributed by atoms with Crippen molar-refractivity contribution in [2.45, 2.75) is 76.6 Å². The molecule has 5 nitrogen and oxygen atoms in total. The molecule has 2 aliphatic rings. The average Bonchev–Trinajstić information content (AvgIpc) is 3.15. The van der Waals surface area contributed by atoms with E-state index in [1.54, 1.807) is 0 Å². The third kappa shape index (κ3) is 5.87. The predicted molar refractivity (Wildman–Crippen MR) is 91.9 cm³/mol. The number of carbonyl (C=O) groups is 1. The summed E-state index contributed by atoms with van der Waals surface area (Å²) in [6, 6.07) is 0. The van der Waals surface area contributed by atoms with Crippen LogP contribution in [0.1, 0.15) is 58.3 Å². The molecule has 2 aliphatic heterocycles. The molecule has 1 unspecified atom stereocenters. The first kappa shape index (κ1) is 19.4. The molecule has 0 saturated carbocycles. The molecule has 2 saturated heterocycles. The fourth-order valence-corrected chi connectivity index (χ4v) is 3.76. The Balaban J connectivity index is 1.73. The van der Waals surface area contributed by atoms with Crippen LogP contribution in [-0.4, -0.2) is 47.7 Å². The summed E-state index contributed by atoms with van der Waals surface area (Å²) < 4.78 is 11.8. The summed E-state index contributed by atoms with van der Waals surface area (Å²) in [6.45, 7) is 3.40. The Kier molecular flexibility index (Phi) is 8.22. The topological polar surface area (TPSA) is 76.0 Å². The molecule has 0 aromatic carbocycles. The number of carboxylic acid groups (broad SMARTS) is 1. The zero-order valence-corrected chi connectivity index (χ0v) is 14.7. The average molecular weight is 340 g/mol. The molecule has 0 aliphatic carbocycles. The summed E-state index contributed by atoms with van der Waals surface area (Å²) in [7, 11) is 0. The number of hydrogen-bond donors (Lipinski definition) is 2. The van der Waals surface area contributed by atoms with E-state index in [1.165, 1.54) is 0 Å². The SMILES string of the molecule is CCCCC(O)C=C[C@@H]1[C@H](COCCCCC(=O)O)[C@@H]2CC[C@H]1O2. The van der Waals surface area contributed by atoms with Crippen molar-refractivity contribution in [1.29, 1.82) is 0 Å². The number of aliphatic carboxylic acids is 1. The molecule has 138 valence electrons. The van der Waals surface area contributed by atoms with Crippen molar-refractivity contribution < 1.29 is 24.5 Å². The first-order chi connectivity index (χ1) is 11.6. The Bertz CT molecular complexity index is 409. The minimum Gasteiger partial charge on any atom is -0.481 e. The van der Waals surface area contributed by atoms with E-state index < -0.39 is 5.97 Å². The Morgan fingerprint density at radius 2 is 2.08 bits per heavy atom. The molecular formula is C19H32O5. The zero-order valence-electron chi connectivity index (χ0n) is 14.7. The Labute approximate surface area is 145 Å². The lowest BCUT2D eigenvalue weighted by Gasteiger charge is -2.25. The van der Waals surface area contributed by atoms with Gasteiger partial charge >= 0.3 is 5.97 Å². The maximum atomic E-state index is 10.5. The highest BCUT2D eigenvalue weighted by Crippen LogP contribution is 2.44. The summed E-state index contributed by atoms with van der Waals surface area (Å²) in [4.78, 5) is 10.5. The van der Waals surface area contributed by atoms with Gasteiger partial charge in [0.2, 0.25) is 0 Å². The predicted octanol–water partition coefficient (Wildman–Crippen LogP) is 3.16. The number of rotatable bonds is 12. The molecule has 2 heterocycles. The molecule has 2 bridgehead atoms. The Morgan fingerprint density at radius 1 is 1.29 bits per heavy atom. The van der Waals surface area contributed by atoms with Crippen LogP contribution in [0.25, 0.3) is 0 Å². The van der Waals surface area contributed by atoms with Gasteiger partial charge in [0.1, 0.15) is 0 Å². The number of hydrogen-bond acceptors (Lipinski definition) is 4. The van der Waals surface area contributed by atoms with Crippen LogP contribution in [0.5, 0.6) is 0 Å². The monoisotopic (exact) mass is 340 g/mol. The van der Waals surface area contributed by atoms with Crippen molar-refractivity contribution in [1.82, 2.24) is 0 Å². The van der Waals surface area contributed by atoms with Crippen molar-refractivity contribution in [3.8, 4) is 0 Å². The number of fused-ring (bicyclic) bond motifs is 2. The van der Waals surface area contributed by atoms with E-state index in [2.05, 4.69) is 13.0 Å². The third-order valence-electron chi connectivity index (χ3n) is 5.14. The minimum atomic E-state index is -0.747. The normalized spacial score (nSPS) is 30.2. The smallest absolute Gasteiger partial charge is 0.303 e. The third-order valence-corrected chi connectivity index (χ3v) is 5.14. The second-order valence-electron chi connectivity index (χ2n) is 7.05. The van der Waals surface area contributed by atoms with Crippen molar-refractivity contribution in [3.63, 3.8) is 0 Å². The highest BCUT2D eigenvalue weighted by Gasteiger charge is 2.47. The van der Waals surface area contributed by atoms with Gasteiger partial charge in [0.05, 0.1) is 24.9 Å². The van der Waals surface area contributed by atoms with E-state index in [1.807, 2.05) is 6.08 Å². The van der Waals surface area contributed by atoms with Gasteiger partial charge in [-0.25, -0.2) is 0 Å². The molecule has 0 spiro atoms. The lowest BCUT2D eigenvalue weighted by atomic mass is 9.79. The highest BCUT2D eigenvalue weighted by atomic mass is 16.5. The van der Waals surface area contributed by atoms with Gasteiger partial charge in [-0.15, -0.1) is 0 Å². The van der Waals surface area contributed by atoms with Crippen LogP contribution in [0.4, 0.5) is 0 Å². The largest absolute Gasteiger partial charge is 0.481 e. The zero-order chi connectivity index (χ0) is 17.4. The van der Waals surface area contributed by atoms with E-state index in [0.29, 0.717) is 31.5 Å². The Morgan fingerprint density at radius 3 is 2.83 bits per heavy atom. The molecule has 0 aromatic heterocycles. The highest BCUT2D eigenvalue weighted by molar-refractivity contribution is 5.66. The molecule has 0 aromatic rings. The van der Waals surface area contributed by atoms with Crippen LogP contribution < -0.4 is 0 Å². The van der Waals surface area contributed by atoms with E-state index in [-0.39, 0.29) is 24.7 Å². The van der Waals surface area contributed by atoms with Gasteiger partial charge in [0, 0.05) is 24.9 Å². The fourth-order valence-electron chi connectivity index (χ4n) is 3.76. The Hall–Kier alpha value is -0.910. The number of unbranched alkanes of at least 4 members (excludes halogenated alkanes) is 2. The van der Waals surface area contributed by atoms with Crippen LogP contribution in [0.15, 0.2) is 12.2 Å². The number of aliphatic hydroxyl groups is 1. The van der Waals surface area contributed by atoms with Crippen molar-refractivity contribution in [3.05, 3.63) is 12.2 Å². The second-order valence-corrected chi connectivity index (χ2v) is 7.05. The molecule has 0 amide bonds. The van der Waals surface area contributed by atoms with E-state index in [4.69, 9.17) is 14.6 Å².